The minimum absolute atomic E-state index is 0.104. The molecule has 0 unspecified atom stereocenters. The fourth-order valence-electron chi connectivity index (χ4n) is 2.31. The second kappa shape index (κ2) is 8.12. The number of carboxylic acids is 1. The Hall–Kier alpha value is -1.14. The molecular weight excluding hydrogens is 250 g/mol. The monoisotopic (exact) mass is 273 g/mol. The minimum Gasteiger partial charge on any atom is -0.481 e. The first-order valence-electron chi connectivity index (χ1n) is 6.82. The van der Waals surface area contributed by atoms with Crippen LogP contribution in [0, 0.1) is 11.8 Å². The fraction of sp³-hybridized carbons (Fsp3) is 0.846. The van der Waals surface area contributed by atoms with Gasteiger partial charge in [-0.15, -0.1) is 0 Å². The van der Waals surface area contributed by atoms with Crippen molar-refractivity contribution in [3.8, 4) is 0 Å². The van der Waals surface area contributed by atoms with Crippen molar-refractivity contribution in [2.45, 2.75) is 39.4 Å². The summed E-state index contributed by atoms with van der Waals surface area (Å²) in [7, 11) is 0. The second-order valence-corrected chi connectivity index (χ2v) is 4.63. The zero-order valence-corrected chi connectivity index (χ0v) is 11.6. The molecule has 19 heavy (non-hydrogen) atoms. The molecule has 0 aliphatic heterocycles. The van der Waals surface area contributed by atoms with Gasteiger partial charge in [-0.3, -0.25) is 9.59 Å². The van der Waals surface area contributed by atoms with Crippen LogP contribution in [0.3, 0.4) is 0 Å². The molecule has 0 aromatic rings. The SMILES string of the molecule is CCOC(CNC(=O)[C@@H]1CC[C@H](C(=O)O)C1)OCC. The zero-order chi connectivity index (χ0) is 14.3. The molecule has 0 radical (unpaired) electrons. The Morgan fingerprint density at radius 2 is 1.79 bits per heavy atom. The summed E-state index contributed by atoms with van der Waals surface area (Å²) in [6, 6.07) is 0. The van der Waals surface area contributed by atoms with Crippen molar-refractivity contribution < 1.29 is 24.2 Å². The lowest BCUT2D eigenvalue weighted by atomic mass is 10.0. The van der Waals surface area contributed by atoms with Gasteiger partial charge in [-0.1, -0.05) is 0 Å². The molecule has 1 amide bonds. The van der Waals surface area contributed by atoms with Gasteiger partial charge in [0, 0.05) is 19.1 Å². The van der Waals surface area contributed by atoms with E-state index in [2.05, 4.69) is 5.32 Å². The van der Waals surface area contributed by atoms with Gasteiger partial charge in [-0.2, -0.15) is 0 Å². The smallest absolute Gasteiger partial charge is 0.306 e. The molecule has 0 spiro atoms. The van der Waals surface area contributed by atoms with Gasteiger partial charge in [0.25, 0.3) is 0 Å². The number of nitrogens with one attached hydrogen (secondary N) is 1. The molecule has 0 aromatic carbocycles. The third-order valence-electron chi connectivity index (χ3n) is 3.30. The van der Waals surface area contributed by atoms with E-state index in [1.54, 1.807) is 0 Å². The second-order valence-electron chi connectivity index (χ2n) is 4.63. The van der Waals surface area contributed by atoms with Crippen molar-refractivity contribution in [2.24, 2.45) is 11.8 Å². The molecule has 1 fully saturated rings. The topological polar surface area (TPSA) is 84.9 Å². The van der Waals surface area contributed by atoms with Gasteiger partial charge in [0.2, 0.25) is 5.91 Å². The van der Waals surface area contributed by atoms with Crippen molar-refractivity contribution in [1.29, 1.82) is 0 Å². The lowest BCUT2D eigenvalue weighted by molar-refractivity contribution is -0.143. The van der Waals surface area contributed by atoms with Gasteiger partial charge >= 0.3 is 5.97 Å². The van der Waals surface area contributed by atoms with E-state index in [1.165, 1.54) is 0 Å². The highest BCUT2D eigenvalue weighted by Crippen LogP contribution is 2.31. The van der Waals surface area contributed by atoms with Gasteiger partial charge in [-0.05, 0) is 33.1 Å². The maximum Gasteiger partial charge on any atom is 0.306 e. The summed E-state index contributed by atoms with van der Waals surface area (Å²) >= 11 is 0. The van der Waals surface area contributed by atoms with Crippen LogP contribution in [0.25, 0.3) is 0 Å². The van der Waals surface area contributed by atoms with E-state index < -0.39 is 12.3 Å². The lowest BCUT2D eigenvalue weighted by Crippen LogP contribution is -2.38. The van der Waals surface area contributed by atoms with E-state index in [4.69, 9.17) is 14.6 Å². The first kappa shape index (κ1) is 15.9. The van der Waals surface area contributed by atoms with Gasteiger partial charge in [0.1, 0.15) is 0 Å². The third-order valence-corrected chi connectivity index (χ3v) is 3.30. The Kier molecular flexibility index (Phi) is 6.80. The predicted molar refractivity (Wildman–Crippen MR) is 68.5 cm³/mol. The highest BCUT2D eigenvalue weighted by atomic mass is 16.7. The molecule has 0 saturated heterocycles. The van der Waals surface area contributed by atoms with Crippen LogP contribution in [-0.2, 0) is 19.1 Å². The van der Waals surface area contributed by atoms with E-state index in [-0.39, 0.29) is 17.7 Å². The number of ether oxygens (including phenoxy) is 2. The molecule has 2 atom stereocenters. The van der Waals surface area contributed by atoms with Crippen LogP contribution >= 0.6 is 0 Å². The molecule has 2 N–H and O–H groups in total. The van der Waals surface area contributed by atoms with Gasteiger partial charge < -0.3 is 19.9 Å². The standard InChI is InChI=1S/C13H23NO5/c1-3-18-11(19-4-2)8-14-12(15)9-5-6-10(7-9)13(16)17/h9-11H,3-8H2,1-2H3,(H,14,15)(H,16,17)/t9-,10+/m1/s1. The fourth-order valence-corrected chi connectivity index (χ4v) is 2.31. The molecule has 6 heteroatoms. The van der Waals surface area contributed by atoms with Crippen LogP contribution in [0.15, 0.2) is 0 Å². The van der Waals surface area contributed by atoms with Crippen molar-refractivity contribution in [3.63, 3.8) is 0 Å². The number of aliphatic carboxylic acids is 1. The summed E-state index contributed by atoms with van der Waals surface area (Å²) in [5.41, 5.74) is 0. The number of amides is 1. The molecule has 0 heterocycles. The van der Waals surface area contributed by atoms with Crippen LogP contribution in [0.5, 0.6) is 0 Å². The molecule has 1 saturated carbocycles. The quantitative estimate of drug-likeness (QED) is 0.644. The first-order chi connectivity index (χ1) is 9.08. The average molecular weight is 273 g/mol. The lowest BCUT2D eigenvalue weighted by Gasteiger charge is -2.18. The summed E-state index contributed by atoms with van der Waals surface area (Å²) in [5, 5.41) is 11.7. The van der Waals surface area contributed by atoms with Gasteiger partial charge in [0.05, 0.1) is 12.5 Å². The molecule has 110 valence electrons. The van der Waals surface area contributed by atoms with Crippen LogP contribution in [0.1, 0.15) is 33.1 Å². The number of carbonyl (C=O) groups excluding carboxylic acids is 1. The van der Waals surface area contributed by atoms with E-state index >= 15 is 0 Å². The average Bonchev–Trinajstić information content (AvgIpc) is 2.86. The van der Waals surface area contributed by atoms with Gasteiger partial charge in [-0.25, -0.2) is 0 Å². The van der Waals surface area contributed by atoms with Crippen LogP contribution in [-0.4, -0.2) is 43.0 Å². The van der Waals surface area contributed by atoms with E-state index in [9.17, 15) is 9.59 Å². The number of carboxylic acid groups (broad SMARTS) is 1. The van der Waals surface area contributed by atoms with Crippen LogP contribution in [0.2, 0.25) is 0 Å². The van der Waals surface area contributed by atoms with E-state index in [1.807, 2.05) is 13.8 Å². The normalized spacial score (nSPS) is 22.7. The molecule has 1 rings (SSSR count). The maximum atomic E-state index is 11.9. The Bertz CT molecular complexity index is 301. The number of carbonyl (C=O) groups is 2. The van der Waals surface area contributed by atoms with Gasteiger partial charge in [0.15, 0.2) is 6.29 Å². The highest BCUT2D eigenvalue weighted by molar-refractivity contribution is 5.80. The van der Waals surface area contributed by atoms with Crippen LogP contribution < -0.4 is 5.32 Å². The highest BCUT2D eigenvalue weighted by Gasteiger charge is 2.33. The summed E-state index contributed by atoms with van der Waals surface area (Å²) in [5.74, 6) is -1.50. The molecule has 0 bridgehead atoms. The third kappa shape index (κ3) is 5.16. The Labute approximate surface area is 113 Å². The van der Waals surface area contributed by atoms with Crippen molar-refractivity contribution in [1.82, 2.24) is 5.32 Å². The Morgan fingerprint density at radius 1 is 1.21 bits per heavy atom. The minimum atomic E-state index is -0.809. The molecular formula is C13H23NO5. The molecule has 1 aliphatic rings. The summed E-state index contributed by atoms with van der Waals surface area (Å²) < 4.78 is 10.6. The van der Waals surface area contributed by atoms with Crippen molar-refractivity contribution in [3.05, 3.63) is 0 Å². The van der Waals surface area contributed by atoms with Crippen molar-refractivity contribution >= 4 is 11.9 Å². The largest absolute Gasteiger partial charge is 0.481 e. The van der Waals surface area contributed by atoms with E-state index in [0.717, 1.165) is 0 Å². The van der Waals surface area contributed by atoms with Crippen LogP contribution in [0.4, 0.5) is 0 Å². The predicted octanol–water partition coefficient (Wildman–Crippen LogP) is 1.00. The molecule has 0 aromatic heterocycles. The van der Waals surface area contributed by atoms with E-state index in [0.29, 0.717) is 39.0 Å². The number of rotatable bonds is 8. The Balaban J connectivity index is 2.32. The molecule has 6 nitrogen and oxygen atoms in total. The van der Waals surface area contributed by atoms with Crippen molar-refractivity contribution in [2.75, 3.05) is 19.8 Å². The Morgan fingerprint density at radius 3 is 2.26 bits per heavy atom. The number of hydrogen-bond donors (Lipinski definition) is 2. The zero-order valence-electron chi connectivity index (χ0n) is 11.6. The summed E-state index contributed by atoms with van der Waals surface area (Å²) in [4.78, 5) is 22.7. The molecule has 1 aliphatic carbocycles. The number of hydrogen-bond acceptors (Lipinski definition) is 4. The maximum absolute atomic E-state index is 11.9. The summed E-state index contributed by atoms with van der Waals surface area (Å²) in [6.07, 6.45) is 1.20. The first-order valence-corrected chi connectivity index (χ1v) is 6.82. The summed E-state index contributed by atoms with van der Waals surface area (Å²) in [6.45, 7) is 5.06.